The van der Waals surface area contributed by atoms with Crippen LogP contribution in [0.3, 0.4) is 0 Å². The van der Waals surface area contributed by atoms with Gasteiger partial charge in [-0.25, -0.2) is 4.79 Å². The first kappa shape index (κ1) is 18.4. The van der Waals surface area contributed by atoms with E-state index in [-0.39, 0.29) is 11.2 Å². The average molecular weight is 367 g/mol. The Morgan fingerprint density at radius 1 is 1.38 bits per heavy atom. The predicted molar refractivity (Wildman–Crippen MR) is 92.5 cm³/mol. The Labute approximate surface area is 150 Å². The van der Waals surface area contributed by atoms with Crippen LogP contribution in [-0.4, -0.2) is 45.6 Å². The van der Waals surface area contributed by atoms with Gasteiger partial charge in [-0.2, -0.15) is 13.9 Å². The van der Waals surface area contributed by atoms with Crippen molar-refractivity contribution < 1.29 is 23.4 Å². The third-order valence-corrected chi connectivity index (χ3v) is 5.27. The van der Waals surface area contributed by atoms with Crippen molar-refractivity contribution in [1.82, 2.24) is 14.7 Å². The molecule has 0 atom stereocenters. The Hall–Kier alpha value is -2.38. The molecule has 1 aromatic heterocycles. The minimum atomic E-state index is -2.89. The standard InChI is InChI=1S/C18H23F2N3O3/c1-18(2,13-6-8-22(9-7-13)17(24)25)11-23-15-12(10-21-23)4-3-5-14(15)26-16(19)20/h3-5,10,13,16H,6-9,11H2,1-2H3,(H,24,25). The van der Waals surface area contributed by atoms with Gasteiger partial charge in [0, 0.05) is 25.0 Å². The molecule has 0 bridgehead atoms. The lowest BCUT2D eigenvalue weighted by Crippen LogP contribution is -2.42. The SMILES string of the molecule is CC(C)(Cn1ncc2cccc(OC(F)F)c21)C1CCN(C(=O)O)CC1. The molecule has 2 aromatic rings. The summed E-state index contributed by atoms with van der Waals surface area (Å²) in [6.07, 6.45) is 2.32. The zero-order valence-electron chi connectivity index (χ0n) is 14.9. The molecular formula is C18H23F2N3O3. The van der Waals surface area contributed by atoms with Gasteiger partial charge >= 0.3 is 12.7 Å². The van der Waals surface area contributed by atoms with Gasteiger partial charge < -0.3 is 14.7 Å². The van der Waals surface area contributed by atoms with Crippen LogP contribution in [0, 0.1) is 11.3 Å². The quantitative estimate of drug-likeness (QED) is 0.866. The fourth-order valence-corrected chi connectivity index (χ4v) is 3.79. The Balaban J connectivity index is 1.80. The van der Waals surface area contributed by atoms with E-state index in [1.807, 2.05) is 6.07 Å². The van der Waals surface area contributed by atoms with Crippen LogP contribution in [0.4, 0.5) is 13.6 Å². The van der Waals surface area contributed by atoms with E-state index >= 15 is 0 Å². The molecule has 0 unspecified atom stereocenters. The summed E-state index contributed by atoms with van der Waals surface area (Å²) in [5, 5.41) is 14.2. The fourth-order valence-electron chi connectivity index (χ4n) is 3.79. The molecule has 0 aliphatic carbocycles. The number of alkyl halides is 2. The maximum atomic E-state index is 12.7. The number of carboxylic acid groups (broad SMARTS) is 1. The summed E-state index contributed by atoms with van der Waals surface area (Å²) in [5.41, 5.74) is 0.394. The molecule has 142 valence electrons. The van der Waals surface area contributed by atoms with Gasteiger partial charge in [0.05, 0.1) is 6.20 Å². The number of fused-ring (bicyclic) bond motifs is 1. The van der Waals surface area contributed by atoms with E-state index < -0.39 is 12.7 Å². The number of hydrogen-bond donors (Lipinski definition) is 1. The smallest absolute Gasteiger partial charge is 0.407 e. The van der Waals surface area contributed by atoms with E-state index in [1.54, 1.807) is 16.9 Å². The molecule has 0 spiro atoms. The van der Waals surface area contributed by atoms with Crippen molar-refractivity contribution >= 4 is 17.0 Å². The summed E-state index contributed by atoms with van der Waals surface area (Å²) in [6, 6.07) is 5.00. The lowest BCUT2D eigenvalue weighted by atomic mass is 9.73. The lowest BCUT2D eigenvalue weighted by molar-refractivity contribution is -0.0491. The van der Waals surface area contributed by atoms with E-state index in [4.69, 9.17) is 5.11 Å². The predicted octanol–water partition coefficient (Wildman–Crippen LogP) is 4.05. The third-order valence-electron chi connectivity index (χ3n) is 5.27. The van der Waals surface area contributed by atoms with Crippen molar-refractivity contribution in [3.8, 4) is 5.75 Å². The fraction of sp³-hybridized carbons (Fsp3) is 0.556. The number of hydrogen-bond acceptors (Lipinski definition) is 3. The minimum absolute atomic E-state index is 0.117. The van der Waals surface area contributed by atoms with Gasteiger partial charge in [0.1, 0.15) is 5.52 Å². The van der Waals surface area contributed by atoms with E-state index in [9.17, 15) is 13.6 Å². The highest BCUT2D eigenvalue weighted by Gasteiger charge is 2.34. The molecule has 2 heterocycles. The number of nitrogens with zero attached hydrogens (tertiary/aromatic N) is 3. The number of likely N-dealkylation sites (tertiary alicyclic amines) is 1. The van der Waals surface area contributed by atoms with Crippen LogP contribution >= 0.6 is 0 Å². The van der Waals surface area contributed by atoms with Gasteiger partial charge in [-0.15, -0.1) is 0 Å². The van der Waals surface area contributed by atoms with Crippen LogP contribution in [-0.2, 0) is 6.54 Å². The highest BCUT2D eigenvalue weighted by Crippen LogP contribution is 2.38. The molecule has 1 N–H and O–H groups in total. The van der Waals surface area contributed by atoms with Crippen LogP contribution in [0.25, 0.3) is 10.9 Å². The second-order valence-corrected chi connectivity index (χ2v) is 7.41. The van der Waals surface area contributed by atoms with Crippen LogP contribution in [0.2, 0.25) is 0 Å². The molecule has 1 aliphatic heterocycles. The largest absolute Gasteiger partial charge is 0.465 e. The van der Waals surface area contributed by atoms with E-state index in [2.05, 4.69) is 23.7 Å². The normalized spacial score (nSPS) is 16.4. The number of aromatic nitrogens is 2. The summed E-state index contributed by atoms with van der Waals surface area (Å²) in [5.74, 6) is 0.437. The number of carbonyl (C=O) groups is 1. The number of rotatable bonds is 5. The molecule has 1 saturated heterocycles. The molecule has 1 fully saturated rings. The zero-order valence-corrected chi connectivity index (χ0v) is 14.9. The Kier molecular flexibility index (Phi) is 5.02. The van der Waals surface area contributed by atoms with Crippen LogP contribution < -0.4 is 4.74 Å². The van der Waals surface area contributed by atoms with Crippen LogP contribution in [0.1, 0.15) is 26.7 Å². The second kappa shape index (κ2) is 7.09. The number of halogens is 2. The van der Waals surface area contributed by atoms with Gasteiger partial charge in [-0.1, -0.05) is 26.0 Å². The lowest BCUT2D eigenvalue weighted by Gasteiger charge is -2.40. The van der Waals surface area contributed by atoms with Crippen molar-refractivity contribution in [3.05, 3.63) is 24.4 Å². The number of amides is 1. The van der Waals surface area contributed by atoms with E-state index in [0.717, 1.165) is 18.2 Å². The van der Waals surface area contributed by atoms with Gasteiger partial charge in [0.2, 0.25) is 0 Å². The zero-order chi connectivity index (χ0) is 18.9. The highest BCUT2D eigenvalue weighted by atomic mass is 19.3. The second-order valence-electron chi connectivity index (χ2n) is 7.41. The molecular weight excluding hydrogens is 344 g/mol. The topological polar surface area (TPSA) is 67.6 Å². The van der Waals surface area contributed by atoms with Gasteiger partial charge in [-0.05, 0) is 30.2 Å². The summed E-state index contributed by atoms with van der Waals surface area (Å²) in [6.45, 7) is 2.90. The van der Waals surface area contributed by atoms with Gasteiger partial charge in [0.25, 0.3) is 0 Å². The molecule has 0 saturated carbocycles. The molecule has 1 amide bonds. The summed E-state index contributed by atoms with van der Waals surface area (Å²) >= 11 is 0. The first-order valence-corrected chi connectivity index (χ1v) is 8.65. The van der Waals surface area contributed by atoms with Crippen molar-refractivity contribution in [2.24, 2.45) is 11.3 Å². The Bertz CT molecular complexity index is 783. The van der Waals surface area contributed by atoms with Gasteiger partial charge in [-0.3, -0.25) is 4.68 Å². The Morgan fingerprint density at radius 2 is 2.08 bits per heavy atom. The monoisotopic (exact) mass is 367 g/mol. The maximum absolute atomic E-state index is 12.7. The molecule has 6 nitrogen and oxygen atoms in total. The number of benzene rings is 1. The van der Waals surface area contributed by atoms with Crippen molar-refractivity contribution in [1.29, 1.82) is 0 Å². The van der Waals surface area contributed by atoms with Crippen LogP contribution in [0.5, 0.6) is 5.75 Å². The van der Waals surface area contributed by atoms with Crippen molar-refractivity contribution in [2.45, 2.75) is 39.8 Å². The van der Waals surface area contributed by atoms with Crippen molar-refractivity contribution in [3.63, 3.8) is 0 Å². The van der Waals surface area contributed by atoms with E-state index in [0.29, 0.717) is 31.1 Å². The highest BCUT2D eigenvalue weighted by molar-refractivity contribution is 5.84. The summed E-state index contributed by atoms with van der Waals surface area (Å²) < 4.78 is 31.8. The number of piperidine rings is 1. The first-order chi connectivity index (χ1) is 12.3. The van der Waals surface area contributed by atoms with Gasteiger partial charge in [0.15, 0.2) is 5.75 Å². The Morgan fingerprint density at radius 3 is 2.69 bits per heavy atom. The molecule has 1 aromatic carbocycles. The first-order valence-electron chi connectivity index (χ1n) is 8.65. The number of ether oxygens (including phenoxy) is 1. The van der Waals surface area contributed by atoms with Crippen molar-refractivity contribution in [2.75, 3.05) is 13.1 Å². The van der Waals surface area contributed by atoms with Crippen LogP contribution in [0.15, 0.2) is 24.4 Å². The molecule has 0 radical (unpaired) electrons. The molecule has 26 heavy (non-hydrogen) atoms. The maximum Gasteiger partial charge on any atom is 0.407 e. The number of para-hydroxylation sites is 1. The molecule has 3 rings (SSSR count). The summed E-state index contributed by atoms with van der Waals surface area (Å²) in [4.78, 5) is 12.5. The summed E-state index contributed by atoms with van der Waals surface area (Å²) in [7, 11) is 0. The third kappa shape index (κ3) is 3.73. The minimum Gasteiger partial charge on any atom is -0.465 e. The molecule has 8 heteroatoms. The average Bonchev–Trinajstić information content (AvgIpc) is 2.98. The van der Waals surface area contributed by atoms with E-state index in [1.165, 1.54) is 11.0 Å². The molecule has 1 aliphatic rings.